The van der Waals surface area contributed by atoms with Crippen molar-refractivity contribution in [3.8, 4) is 0 Å². The van der Waals surface area contributed by atoms with Crippen molar-refractivity contribution in [2.45, 2.75) is 26.7 Å². The molecule has 0 fully saturated rings. The van der Waals surface area contributed by atoms with Gasteiger partial charge in [0, 0.05) is 13.3 Å². The Balaban J connectivity index is 3.36. The summed E-state index contributed by atoms with van der Waals surface area (Å²) in [5, 5.41) is 2.84. The lowest BCUT2D eigenvalue weighted by atomic mass is 10.3. The largest absolute Gasteiger partial charge is 0.466 e. The van der Waals surface area contributed by atoms with E-state index in [0.717, 1.165) is 0 Å². The predicted molar refractivity (Wildman–Crippen MR) is 60.7 cm³/mol. The molecule has 0 saturated heterocycles. The lowest BCUT2D eigenvalue weighted by Gasteiger charge is -2.06. The van der Waals surface area contributed by atoms with Crippen molar-refractivity contribution in [3.63, 3.8) is 0 Å². The Morgan fingerprint density at radius 2 is 1.88 bits per heavy atom. The number of rotatable bonds is 7. The summed E-state index contributed by atoms with van der Waals surface area (Å²) >= 11 is 0. The van der Waals surface area contributed by atoms with Gasteiger partial charge in [-0.2, -0.15) is 0 Å². The van der Waals surface area contributed by atoms with Crippen LogP contribution in [0, 0.1) is 0 Å². The molecule has 2 amide bonds. The monoisotopic (exact) mass is 245 g/mol. The van der Waals surface area contributed by atoms with Crippen LogP contribution >= 0.6 is 0 Å². The van der Waals surface area contributed by atoms with E-state index in [1.807, 2.05) is 0 Å². The molecule has 3 N–H and O–H groups in total. The maximum atomic E-state index is 11.1. The van der Waals surface area contributed by atoms with Crippen LogP contribution in [0.15, 0.2) is 0 Å². The Morgan fingerprint density at radius 1 is 1.18 bits per heavy atom. The number of hydrogen-bond donors (Lipinski definition) is 3. The van der Waals surface area contributed by atoms with Gasteiger partial charge >= 0.3 is 5.97 Å². The second kappa shape index (κ2) is 9.59. The van der Waals surface area contributed by atoms with E-state index in [2.05, 4.69) is 16.2 Å². The SMILES string of the molecule is CCOC(=O)CCCNCC(=O)NNC(C)=O. The number of carbonyl (C=O) groups excluding carboxylic acids is 3. The number of amides is 2. The minimum atomic E-state index is -0.337. The first kappa shape index (κ1) is 15.4. The Morgan fingerprint density at radius 3 is 2.47 bits per heavy atom. The molecule has 0 aliphatic rings. The van der Waals surface area contributed by atoms with Crippen molar-refractivity contribution in [2.24, 2.45) is 0 Å². The third-order valence-corrected chi connectivity index (χ3v) is 1.70. The fraction of sp³-hybridized carbons (Fsp3) is 0.700. The number of carbonyl (C=O) groups is 3. The summed E-state index contributed by atoms with van der Waals surface area (Å²) in [5.41, 5.74) is 4.38. The highest BCUT2D eigenvalue weighted by Crippen LogP contribution is 1.90. The van der Waals surface area contributed by atoms with E-state index in [0.29, 0.717) is 26.0 Å². The summed E-state index contributed by atoms with van der Waals surface area (Å²) in [7, 11) is 0. The second-order valence-corrected chi connectivity index (χ2v) is 3.31. The zero-order chi connectivity index (χ0) is 13.1. The van der Waals surface area contributed by atoms with Crippen LogP contribution in [0.4, 0.5) is 0 Å². The summed E-state index contributed by atoms with van der Waals surface area (Å²) in [6.45, 7) is 4.05. The van der Waals surface area contributed by atoms with Crippen molar-refractivity contribution >= 4 is 17.8 Å². The molecule has 0 aromatic carbocycles. The molecule has 0 rings (SSSR count). The summed E-state index contributed by atoms with van der Waals surface area (Å²) in [6.07, 6.45) is 0.931. The highest BCUT2D eigenvalue weighted by atomic mass is 16.5. The van der Waals surface area contributed by atoms with Crippen LogP contribution in [0.1, 0.15) is 26.7 Å². The standard InChI is InChI=1S/C10H19N3O4/c1-3-17-10(16)5-4-6-11-7-9(15)13-12-8(2)14/h11H,3-7H2,1-2H3,(H,12,14)(H,13,15). The van der Waals surface area contributed by atoms with E-state index in [9.17, 15) is 14.4 Å². The minimum absolute atomic E-state index is 0.0864. The molecule has 0 aliphatic heterocycles. The summed E-state index contributed by atoms with van der Waals surface area (Å²) in [5.74, 6) is -0.908. The smallest absolute Gasteiger partial charge is 0.305 e. The van der Waals surface area contributed by atoms with E-state index in [4.69, 9.17) is 4.74 Å². The van der Waals surface area contributed by atoms with E-state index < -0.39 is 0 Å². The van der Waals surface area contributed by atoms with Gasteiger partial charge in [-0.15, -0.1) is 0 Å². The number of ether oxygens (including phenoxy) is 1. The minimum Gasteiger partial charge on any atom is -0.466 e. The van der Waals surface area contributed by atoms with Gasteiger partial charge in [-0.1, -0.05) is 0 Å². The highest BCUT2D eigenvalue weighted by Gasteiger charge is 2.02. The Hall–Kier alpha value is -1.63. The van der Waals surface area contributed by atoms with Crippen molar-refractivity contribution in [3.05, 3.63) is 0 Å². The molecule has 0 aromatic heterocycles. The van der Waals surface area contributed by atoms with Gasteiger partial charge < -0.3 is 10.1 Å². The van der Waals surface area contributed by atoms with E-state index >= 15 is 0 Å². The van der Waals surface area contributed by atoms with Crippen molar-refractivity contribution in [1.29, 1.82) is 0 Å². The number of hydrogen-bond acceptors (Lipinski definition) is 5. The molecule has 98 valence electrons. The molecule has 0 aromatic rings. The van der Waals surface area contributed by atoms with Crippen LogP contribution < -0.4 is 16.2 Å². The van der Waals surface area contributed by atoms with E-state index in [-0.39, 0.29) is 24.3 Å². The van der Waals surface area contributed by atoms with Gasteiger partial charge in [-0.25, -0.2) is 0 Å². The molecule has 0 radical (unpaired) electrons. The Bertz CT molecular complexity index is 268. The van der Waals surface area contributed by atoms with Gasteiger partial charge in [0.2, 0.25) is 5.91 Å². The quantitative estimate of drug-likeness (QED) is 0.306. The number of hydrazine groups is 1. The normalized spacial score (nSPS) is 9.53. The van der Waals surface area contributed by atoms with Gasteiger partial charge in [-0.05, 0) is 19.9 Å². The van der Waals surface area contributed by atoms with Gasteiger partial charge in [0.05, 0.1) is 13.2 Å². The van der Waals surface area contributed by atoms with Crippen LogP contribution in [-0.2, 0) is 19.1 Å². The number of esters is 1. The predicted octanol–water partition coefficient (Wildman–Crippen LogP) is -0.913. The van der Waals surface area contributed by atoms with Crippen LogP contribution in [0.25, 0.3) is 0 Å². The molecule has 0 aliphatic carbocycles. The van der Waals surface area contributed by atoms with E-state index in [1.54, 1.807) is 6.92 Å². The Labute approximate surface area is 100 Å². The highest BCUT2D eigenvalue weighted by molar-refractivity contribution is 5.81. The van der Waals surface area contributed by atoms with Crippen LogP contribution in [0.3, 0.4) is 0 Å². The maximum Gasteiger partial charge on any atom is 0.305 e. The number of nitrogens with one attached hydrogen (secondary N) is 3. The fourth-order valence-corrected chi connectivity index (χ4v) is 0.995. The van der Waals surface area contributed by atoms with Crippen LogP contribution in [-0.4, -0.2) is 37.5 Å². The molecular weight excluding hydrogens is 226 g/mol. The molecule has 0 heterocycles. The van der Waals surface area contributed by atoms with Gasteiger partial charge in [0.25, 0.3) is 5.91 Å². The molecule has 0 bridgehead atoms. The van der Waals surface area contributed by atoms with Gasteiger partial charge in [-0.3, -0.25) is 25.2 Å². The first-order chi connectivity index (χ1) is 8.06. The molecule has 7 nitrogen and oxygen atoms in total. The third kappa shape index (κ3) is 10.6. The second-order valence-electron chi connectivity index (χ2n) is 3.31. The first-order valence-corrected chi connectivity index (χ1v) is 5.48. The van der Waals surface area contributed by atoms with E-state index in [1.165, 1.54) is 6.92 Å². The summed E-state index contributed by atoms with van der Waals surface area (Å²) in [4.78, 5) is 32.5. The Kier molecular flexibility index (Phi) is 8.67. The summed E-state index contributed by atoms with van der Waals surface area (Å²) in [6, 6.07) is 0. The molecule has 0 spiro atoms. The molecule has 0 unspecified atom stereocenters. The molecule has 0 atom stereocenters. The lowest BCUT2D eigenvalue weighted by molar-refractivity contribution is -0.143. The molecular formula is C10H19N3O4. The van der Waals surface area contributed by atoms with Gasteiger partial charge in [0.1, 0.15) is 0 Å². The van der Waals surface area contributed by atoms with Gasteiger partial charge in [0.15, 0.2) is 0 Å². The molecule has 0 saturated carbocycles. The van der Waals surface area contributed by atoms with Crippen molar-refractivity contribution < 1.29 is 19.1 Å². The average Bonchev–Trinajstić information content (AvgIpc) is 2.26. The zero-order valence-corrected chi connectivity index (χ0v) is 10.2. The first-order valence-electron chi connectivity index (χ1n) is 5.48. The zero-order valence-electron chi connectivity index (χ0n) is 10.2. The third-order valence-electron chi connectivity index (χ3n) is 1.70. The van der Waals surface area contributed by atoms with Crippen molar-refractivity contribution in [1.82, 2.24) is 16.2 Å². The molecule has 7 heteroatoms. The van der Waals surface area contributed by atoms with Crippen LogP contribution in [0.5, 0.6) is 0 Å². The average molecular weight is 245 g/mol. The molecule has 17 heavy (non-hydrogen) atoms. The summed E-state index contributed by atoms with van der Waals surface area (Å²) < 4.78 is 4.74. The maximum absolute atomic E-state index is 11.1. The van der Waals surface area contributed by atoms with Crippen LogP contribution in [0.2, 0.25) is 0 Å². The lowest BCUT2D eigenvalue weighted by Crippen LogP contribution is -2.44. The van der Waals surface area contributed by atoms with Crippen molar-refractivity contribution in [2.75, 3.05) is 19.7 Å². The topological polar surface area (TPSA) is 96.5 Å². The fourth-order valence-electron chi connectivity index (χ4n) is 0.995.